The quantitative estimate of drug-likeness (QED) is 0.460. The Balaban J connectivity index is -0.0000000107. The van der Waals surface area contributed by atoms with Crippen molar-refractivity contribution in [2.75, 3.05) is 0 Å². The maximum atomic E-state index is 4.72. The molecule has 2 heteroatoms. The zero-order valence-corrected chi connectivity index (χ0v) is 20.8. The van der Waals surface area contributed by atoms with E-state index in [2.05, 4.69) is 19.7 Å². The van der Waals surface area contributed by atoms with E-state index in [-0.39, 0.29) is 124 Å². The molecule has 0 fully saturated rings. The molecule has 0 bridgehead atoms. The molecule has 0 amide bonds. The molecule has 0 nitrogen and oxygen atoms in total. The first-order valence-electron chi connectivity index (χ1n) is 3.87. The Morgan fingerprint density at radius 2 is 0.800 bits per heavy atom. The molecule has 0 saturated carbocycles. The van der Waals surface area contributed by atoms with Gasteiger partial charge in [0.2, 0.25) is 0 Å². The van der Waals surface area contributed by atoms with Gasteiger partial charge in [-0.05, 0) is 20.8 Å². The van der Waals surface area contributed by atoms with Crippen LogP contribution in [0.3, 0.4) is 0 Å². The maximum absolute atomic E-state index is 4.72. The fourth-order valence-corrected chi connectivity index (χ4v) is 0. The second-order valence-corrected chi connectivity index (χ2v) is 1.56. The predicted octanol–water partition coefficient (Wildman–Crippen LogP) is 1.83. The molecule has 0 spiro atoms. The van der Waals surface area contributed by atoms with Gasteiger partial charge in [0.25, 0.3) is 0 Å². The van der Waals surface area contributed by atoms with Crippen molar-refractivity contribution in [1.82, 2.24) is 0 Å². The van der Waals surface area contributed by atoms with Crippen LogP contribution in [0.1, 0.15) is 35.1 Å². The van der Waals surface area contributed by atoms with Gasteiger partial charge < -0.3 is 6.58 Å². The average Bonchev–Trinajstić information content (AvgIpc) is 1.92. The summed E-state index contributed by atoms with van der Waals surface area (Å²) in [6, 6.07) is 0. The van der Waals surface area contributed by atoms with E-state index in [9.17, 15) is 0 Å². The van der Waals surface area contributed by atoms with Crippen molar-refractivity contribution in [3.63, 3.8) is 0 Å². The number of hydrogen-bond acceptors (Lipinski definition) is 0. The molecule has 0 rings (SSSR count). The molecule has 1 radical (unpaired) electrons. The van der Waals surface area contributed by atoms with Gasteiger partial charge in [-0.2, -0.15) is 0 Å². The Morgan fingerprint density at radius 1 is 0.800 bits per heavy atom. The van der Waals surface area contributed by atoms with Gasteiger partial charge in [0, 0.05) is 58.2 Å². The molecule has 0 saturated heterocycles. The average molecular weight is 354 g/mol. The first-order chi connectivity index (χ1) is 5.66. The largest absolute Gasteiger partial charge is 1.00 e. The maximum Gasteiger partial charge on any atom is 1.00 e. The molecule has 0 aromatic carbocycles. The van der Waals surface area contributed by atoms with Crippen LogP contribution < -0.4 is 58.2 Å². The molecule has 0 aromatic heterocycles. The standard InChI is InChI=1S/3C3H6.C3H5.CH4.2Rb/c4*1-3-2;;;/h3*3H,1H2,2H3;1,3H,2H3;1H4;;/q;;;-1;;;+1. The van der Waals surface area contributed by atoms with E-state index < -0.39 is 0 Å². The van der Waals surface area contributed by atoms with Crippen molar-refractivity contribution < 1.29 is 58.2 Å². The number of hydrogen-bond donors (Lipinski definition) is 0. The van der Waals surface area contributed by atoms with Gasteiger partial charge in [0.1, 0.15) is 0 Å². The van der Waals surface area contributed by atoms with E-state index in [1.807, 2.05) is 20.8 Å². The van der Waals surface area contributed by atoms with Gasteiger partial charge in [-0.25, -0.2) is 0 Å². The smallest absolute Gasteiger partial charge is 0.518 e. The summed E-state index contributed by atoms with van der Waals surface area (Å²) >= 11 is 0. The van der Waals surface area contributed by atoms with Crippen LogP contribution in [0.5, 0.6) is 0 Å². The zero-order valence-electron chi connectivity index (χ0n) is 11.0. The van der Waals surface area contributed by atoms with Gasteiger partial charge in [-0.1, -0.05) is 32.6 Å². The molecule has 0 aromatic rings. The molecule has 0 aliphatic carbocycles. The third-order valence-corrected chi connectivity index (χ3v) is 0. The van der Waals surface area contributed by atoms with E-state index in [0.717, 1.165) is 0 Å². The van der Waals surface area contributed by atoms with Crippen LogP contribution in [0.2, 0.25) is 0 Å². The van der Waals surface area contributed by atoms with Crippen LogP contribution in [0.25, 0.3) is 0 Å². The van der Waals surface area contributed by atoms with Gasteiger partial charge >= 0.3 is 58.2 Å². The van der Waals surface area contributed by atoms with Crippen LogP contribution in [-0.4, -0.2) is 58.2 Å². The van der Waals surface area contributed by atoms with Crippen LogP contribution >= 0.6 is 0 Å². The summed E-state index contributed by atoms with van der Waals surface area (Å²) in [7, 11) is 0. The van der Waals surface area contributed by atoms with E-state index >= 15 is 0 Å². The Hall–Kier alpha value is 2.57. The predicted molar refractivity (Wildman–Crippen MR) is 74.6 cm³/mol. The van der Waals surface area contributed by atoms with Gasteiger partial charge in [0.15, 0.2) is 0 Å². The summed E-state index contributed by atoms with van der Waals surface area (Å²) in [4.78, 5) is 0. The molecule has 81 valence electrons. The summed E-state index contributed by atoms with van der Waals surface area (Å²) in [6.45, 7) is 22.2. The second kappa shape index (κ2) is 93.1. The van der Waals surface area contributed by atoms with E-state index in [0.29, 0.717) is 0 Å². The number of rotatable bonds is 0. The zero-order chi connectivity index (χ0) is 10.8. The summed E-state index contributed by atoms with van der Waals surface area (Å²) < 4.78 is 0. The van der Waals surface area contributed by atoms with Crippen LogP contribution in [-0.2, 0) is 0 Å². The first kappa shape index (κ1) is 43.2. The Morgan fingerprint density at radius 3 is 0.800 bits per heavy atom. The molecule has 0 aliphatic rings. The Kier molecular flexibility index (Phi) is 268. The Labute approximate surface area is 197 Å². The fraction of sp³-hybridized carbons (Fsp3) is 0.385. The van der Waals surface area contributed by atoms with Gasteiger partial charge in [-0.15, -0.1) is 19.7 Å². The first-order valence-corrected chi connectivity index (χ1v) is 3.87. The third-order valence-electron chi connectivity index (χ3n) is 0. The topological polar surface area (TPSA) is 0 Å². The van der Waals surface area contributed by atoms with Gasteiger partial charge in [-0.3, -0.25) is 6.08 Å². The fourth-order valence-electron chi connectivity index (χ4n) is 0. The molecule has 15 heavy (non-hydrogen) atoms. The van der Waals surface area contributed by atoms with Crippen LogP contribution in [0.15, 0.2) is 44.0 Å². The minimum atomic E-state index is 0. The summed E-state index contributed by atoms with van der Waals surface area (Å²) in [5, 5.41) is 0. The normalized spacial score (nSPS) is 3.47. The molecule has 0 atom stereocenters. The van der Waals surface area contributed by atoms with Crippen LogP contribution in [0, 0.1) is 6.58 Å². The molecule has 0 N–H and O–H groups in total. The Bertz CT molecular complexity index is 62.5. The SMILES string of the molecule is C.C=CC.C=CC.C=CC.[CH-]=CC.[Rb+].[Rb]. The minimum absolute atomic E-state index is 0. The molecular weight excluding hydrogens is 327 g/mol. The summed E-state index contributed by atoms with van der Waals surface area (Å²) in [5.74, 6) is 0. The van der Waals surface area contributed by atoms with Crippen molar-refractivity contribution in [1.29, 1.82) is 0 Å². The molecule has 0 heterocycles. The van der Waals surface area contributed by atoms with Crippen molar-refractivity contribution in [2.24, 2.45) is 0 Å². The van der Waals surface area contributed by atoms with Crippen molar-refractivity contribution in [2.45, 2.75) is 35.1 Å². The summed E-state index contributed by atoms with van der Waals surface area (Å²) in [5.41, 5.74) is 0. The van der Waals surface area contributed by atoms with Crippen LogP contribution in [0.4, 0.5) is 0 Å². The molecular formula is C13H27Rb2. The second-order valence-electron chi connectivity index (χ2n) is 1.56. The molecule has 0 unspecified atom stereocenters. The monoisotopic (exact) mass is 353 g/mol. The third kappa shape index (κ3) is 532. The summed E-state index contributed by atoms with van der Waals surface area (Å²) in [6.07, 6.45) is 6.75. The van der Waals surface area contributed by atoms with Crippen molar-refractivity contribution in [3.05, 3.63) is 50.6 Å². The minimum Gasteiger partial charge on any atom is -0.518 e. The van der Waals surface area contributed by atoms with E-state index in [1.165, 1.54) is 6.08 Å². The number of allylic oxidation sites excluding steroid dienone is 4. The van der Waals surface area contributed by atoms with E-state index in [1.54, 1.807) is 25.2 Å². The van der Waals surface area contributed by atoms with E-state index in [4.69, 9.17) is 6.58 Å². The molecule has 0 aliphatic heterocycles. The van der Waals surface area contributed by atoms with Crippen molar-refractivity contribution in [3.8, 4) is 0 Å². The van der Waals surface area contributed by atoms with Crippen molar-refractivity contribution >= 4 is 58.2 Å². The van der Waals surface area contributed by atoms with Gasteiger partial charge in [0.05, 0.1) is 0 Å².